The molecule has 1 amide bonds. The first-order valence-electron chi connectivity index (χ1n) is 9.78. The van der Waals surface area contributed by atoms with Gasteiger partial charge in [0.2, 0.25) is 0 Å². The molecule has 0 saturated carbocycles. The summed E-state index contributed by atoms with van der Waals surface area (Å²) >= 11 is 0. The van der Waals surface area contributed by atoms with Crippen molar-refractivity contribution in [1.82, 2.24) is 15.1 Å². The summed E-state index contributed by atoms with van der Waals surface area (Å²) in [5.74, 6) is -0.627. The second kappa shape index (κ2) is 9.01. The van der Waals surface area contributed by atoms with Gasteiger partial charge in [-0.3, -0.25) is 9.48 Å². The van der Waals surface area contributed by atoms with Gasteiger partial charge in [0.1, 0.15) is 5.82 Å². The third kappa shape index (κ3) is 5.09. The van der Waals surface area contributed by atoms with Gasteiger partial charge in [0.15, 0.2) is 0 Å². The predicted octanol–water partition coefficient (Wildman–Crippen LogP) is 5.01. The molecule has 0 radical (unpaired) electrons. The third-order valence-electron chi connectivity index (χ3n) is 4.94. The van der Waals surface area contributed by atoms with Crippen molar-refractivity contribution in [3.63, 3.8) is 0 Å². The lowest BCUT2D eigenvalue weighted by molar-refractivity contribution is 0.102. The van der Waals surface area contributed by atoms with Crippen LogP contribution in [-0.2, 0) is 6.54 Å². The van der Waals surface area contributed by atoms with Crippen LogP contribution in [0.25, 0.3) is 0 Å². The lowest BCUT2D eigenvalue weighted by Gasteiger charge is -2.15. The fourth-order valence-corrected chi connectivity index (χ4v) is 3.33. The number of anilines is 1. The summed E-state index contributed by atoms with van der Waals surface area (Å²) in [5.41, 5.74) is 4.53. The zero-order valence-corrected chi connectivity index (χ0v) is 17.2. The number of rotatable bonds is 7. The molecule has 1 heterocycles. The molecule has 1 aromatic heterocycles. The number of hydrogen-bond acceptors (Lipinski definition) is 3. The smallest absolute Gasteiger partial charge is 0.255 e. The molecule has 6 heteroatoms. The summed E-state index contributed by atoms with van der Waals surface area (Å²) < 4.78 is 15.1. The van der Waals surface area contributed by atoms with Gasteiger partial charge < -0.3 is 10.6 Å². The molecule has 0 aliphatic carbocycles. The van der Waals surface area contributed by atoms with Crippen molar-refractivity contribution < 1.29 is 9.18 Å². The van der Waals surface area contributed by atoms with Crippen LogP contribution in [0.1, 0.15) is 60.0 Å². The topological polar surface area (TPSA) is 58.9 Å². The van der Waals surface area contributed by atoms with Crippen molar-refractivity contribution in [2.45, 2.75) is 46.3 Å². The molecule has 29 heavy (non-hydrogen) atoms. The van der Waals surface area contributed by atoms with Crippen molar-refractivity contribution >= 4 is 11.6 Å². The summed E-state index contributed by atoms with van der Waals surface area (Å²) in [6, 6.07) is 13.7. The van der Waals surface area contributed by atoms with Crippen LogP contribution in [0.2, 0.25) is 0 Å². The standard InChI is InChI=1S/C23H27FN4O/c1-15(2)28-17(4)22(14-26-28)16(3)25-13-18-6-5-7-21(12-18)27-23(29)19-8-10-20(24)11-9-19/h5-12,14-16,25H,13H2,1-4H3,(H,27,29). The van der Waals surface area contributed by atoms with Crippen molar-refractivity contribution in [2.24, 2.45) is 0 Å². The summed E-state index contributed by atoms with van der Waals surface area (Å²) in [6.07, 6.45) is 1.92. The number of carbonyl (C=O) groups is 1. The average molecular weight is 394 g/mol. The van der Waals surface area contributed by atoms with Gasteiger partial charge in [-0.25, -0.2) is 4.39 Å². The molecule has 5 nitrogen and oxygen atoms in total. The summed E-state index contributed by atoms with van der Waals surface area (Å²) in [5, 5.41) is 10.9. The summed E-state index contributed by atoms with van der Waals surface area (Å²) in [6.45, 7) is 9.11. The number of carbonyl (C=O) groups excluding carboxylic acids is 1. The Hall–Kier alpha value is -2.99. The third-order valence-corrected chi connectivity index (χ3v) is 4.94. The van der Waals surface area contributed by atoms with Crippen LogP contribution in [-0.4, -0.2) is 15.7 Å². The molecule has 0 spiro atoms. The molecule has 152 valence electrons. The van der Waals surface area contributed by atoms with E-state index in [-0.39, 0.29) is 17.8 Å². The highest BCUT2D eigenvalue weighted by Crippen LogP contribution is 2.20. The molecule has 1 atom stereocenters. The number of nitrogens with zero attached hydrogens (tertiary/aromatic N) is 2. The van der Waals surface area contributed by atoms with E-state index in [1.54, 1.807) is 0 Å². The minimum absolute atomic E-state index is 0.153. The molecule has 2 N–H and O–H groups in total. The Balaban J connectivity index is 1.62. The summed E-state index contributed by atoms with van der Waals surface area (Å²) in [4.78, 5) is 12.3. The number of hydrogen-bond donors (Lipinski definition) is 2. The maximum absolute atomic E-state index is 13.0. The highest BCUT2D eigenvalue weighted by molar-refractivity contribution is 6.04. The molecule has 3 rings (SSSR count). The van der Waals surface area contributed by atoms with Crippen LogP contribution >= 0.6 is 0 Å². The van der Waals surface area contributed by atoms with Gasteiger partial charge in [-0.15, -0.1) is 0 Å². The predicted molar refractivity (Wildman–Crippen MR) is 113 cm³/mol. The molecule has 3 aromatic rings. The molecular formula is C23H27FN4O. The second-order valence-electron chi connectivity index (χ2n) is 7.49. The lowest BCUT2D eigenvalue weighted by Crippen LogP contribution is -2.19. The molecule has 0 bridgehead atoms. The largest absolute Gasteiger partial charge is 0.322 e. The normalized spacial score (nSPS) is 12.2. The summed E-state index contributed by atoms with van der Waals surface area (Å²) in [7, 11) is 0. The van der Waals surface area contributed by atoms with Crippen LogP contribution < -0.4 is 10.6 Å². The van der Waals surface area contributed by atoms with Gasteiger partial charge in [0.05, 0.1) is 6.20 Å². The highest BCUT2D eigenvalue weighted by atomic mass is 19.1. The molecule has 0 saturated heterocycles. The van der Waals surface area contributed by atoms with Crippen molar-refractivity contribution in [1.29, 1.82) is 0 Å². The monoisotopic (exact) mass is 394 g/mol. The van der Waals surface area contributed by atoms with Gasteiger partial charge in [0, 0.05) is 41.1 Å². The maximum atomic E-state index is 13.0. The molecule has 1 unspecified atom stereocenters. The molecular weight excluding hydrogens is 367 g/mol. The second-order valence-corrected chi connectivity index (χ2v) is 7.49. The first-order valence-corrected chi connectivity index (χ1v) is 9.78. The van der Waals surface area contributed by atoms with E-state index in [9.17, 15) is 9.18 Å². The fraction of sp³-hybridized carbons (Fsp3) is 0.304. The number of nitrogens with one attached hydrogen (secondary N) is 2. The van der Waals surface area contributed by atoms with Gasteiger partial charge >= 0.3 is 0 Å². The number of halogens is 1. The van der Waals surface area contributed by atoms with Gasteiger partial charge in [-0.05, 0) is 69.7 Å². The Morgan fingerprint density at radius 3 is 2.52 bits per heavy atom. The van der Waals surface area contributed by atoms with E-state index in [4.69, 9.17) is 0 Å². The van der Waals surface area contributed by atoms with Crippen LogP contribution in [0, 0.1) is 12.7 Å². The molecule has 0 aliphatic heterocycles. The van der Waals surface area contributed by atoms with E-state index >= 15 is 0 Å². The van der Waals surface area contributed by atoms with Gasteiger partial charge in [0.25, 0.3) is 5.91 Å². The van der Waals surface area contributed by atoms with Crippen molar-refractivity contribution in [3.8, 4) is 0 Å². The minimum atomic E-state index is -0.363. The van der Waals surface area contributed by atoms with E-state index in [0.717, 1.165) is 5.56 Å². The van der Waals surface area contributed by atoms with Gasteiger partial charge in [-0.1, -0.05) is 12.1 Å². The Morgan fingerprint density at radius 1 is 1.14 bits per heavy atom. The lowest BCUT2D eigenvalue weighted by atomic mass is 10.1. The Morgan fingerprint density at radius 2 is 1.86 bits per heavy atom. The molecule has 2 aromatic carbocycles. The Kier molecular flexibility index (Phi) is 6.44. The van der Waals surface area contributed by atoms with Crippen LogP contribution in [0.15, 0.2) is 54.7 Å². The van der Waals surface area contributed by atoms with Crippen LogP contribution in [0.4, 0.5) is 10.1 Å². The quantitative estimate of drug-likeness (QED) is 0.592. The molecule has 0 aliphatic rings. The van der Waals surface area contributed by atoms with E-state index in [2.05, 4.69) is 43.4 Å². The van der Waals surface area contributed by atoms with E-state index in [1.165, 1.54) is 35.5 Å². The number of aromatic nitrogens is 2. The zero-order chi connectivity index (χ0) is 21.0. The highest BCUT2D eigenvalue weighted by Gasteiger charge is 2.14. The van der Waals surface area contributed by atoms with Crippen LogP contribution in [0.3, 0.4) is 0 Å². The fourth-order valence-electron chi connectivity index (χ4n) is 3.33. The zero-order valence-electron chi connectivity index (χ0n) is 17.2. The van der Waals surface area contributed by atoms with Gasteiger partial charge in [-0.2, -0.15) is 5.10 Å². The minimum Gasteiger partial charge on any atom is -0.322 e. The average Bonchev–Trinajstić information content (AvgIpc) is 3.08. The number of benzene rings is 2. The van der Waals surface area contributed by atoms with E-state index in [1.807, 2.05) is 35.1 Å². The van der Waals surface area contributed by atoms with Crippen LogP contribution in [0.5, 0.6) is 0 Å². The first kappa shape index (κ1) is 20.7. The SMILES string of the molecule is Cc1c(C(C)NCc2cccc(NC(=O)c3ccc(F)cc3)c2)cnn1C(C)C. The van der Waals surface area contributed by atoms with Crippen molar-refractivity contribution in [2.75, 3.05) is 5.32 Å². The first-order chi connectivity index (χ1) is 13.8. The van der Waals surface area contributed by atoms with E-state index in [0.29, 0.717) is 23.8 Å². The Bertz CT molecular complexity index is 979. The van der Waals surface area contributed by atoms with E-state index < -0.39 is 0 Å². The number of amides is 1. The Labute approximate surface area is 170 Å². The maximum Gasteiger partial charge on any atom is 0.255 e. The molecule has 0 fully saturated rings. The van der Waals surface area contributed by atoms with Crippen molar-refractivity contribution in [3.05, 3.63) is 82.9 Å².